The average Bonchev–Trinajstić information content (AvgIpc) is 2.51. The van der Waals surface area contributed by atoms with E-state index >= 15 is 0 Å². The van der Waals surface area contributed by atoms with Crippen molar-refractivity contribution in [3.63, 3.8) is 0 Å². The summed E-state index contributed by atoms with van der Waals surface area (Å²) in [5.74, 6) is 0.395. The van der Waals surface area contributed by atoms with E-state index in [0.717, 1.165) is 18.5 Å². The first-order chi connectivity index (χ1) is 10.7. The summed E-state index contributed by atoms with van der Waals surface area (Å²) >= 11 is 0. The lowest BCUT2D eigenvalue weighted by Crippen LogP contribution is -3.17. The second kappa shape index (κ2) is 6.64. The van der Waals surface area contributed by atoms with Gasteiger partial charge in [-0.25, -0.2) is 0 Å². The van der Waals surface area contributed by atoms with Gasteiger partial charge in [-0.1, -0.05) is 58.0 Å². The summed E-state index contributed by atoms with van der Waals surface area (Å²) in [5, 5.41) is 0. The maximum Gasteiger partial charge on any atom is 0.306 e. The molecule has 1 heterocycles. The highest BCUT2D eigenvalue weighted by Crippen LogP contribution is 2.43. The van der Waals surface area contributed by atoms with Gasteiger partial charge >= 0.3 is 5.97 Å². The molecule has 0 radical (unpaired) electrons. The maximum absolute atomic E-state index is 12.2. The minimum Gasteiger partial charge on any atom is -0.448 e. The highest BCUT2D eigenvalue weighted by molar-refractivity contribution is 5.69. The zero-order valence-electron chi connectivity index (χ0n) is 15.5. The van der Waals surface area contributed by atoms with Crippen LogP contribution in [-0.4, -0.2) is 25.6 Å². The van der Waals surface area contributed by atoms with Gasteiger partial charge in [0.25, 0.3) is 0 Å². The molecule has 128 valence electrons. The van der Waals surface area contributed by atoms with Crippen LogP contribution in [0, 0.1) is 11.3 Å². The van der Waals surface area contributed by atoms with Crippen LogP contribution >= 0.6 is 0 Å². The van der Waals surface area contributed by atoms with E-state index in [0.29, 0.717) is 12.3 Å². The number of ether oxygens (including phenoxy) is 1. The van der Waals surface area contributed by atoms with Crippen molar-refractivity contribution in [1.29, 1.82) is 0 Å². The molecule has 1 aliphatic heterocycles. The minimum atomic E-state index is -0.533. The van der Waals surface area contributed by atoms with E-state index in [-0.39, 0.29) is 17.4 Å². The molecule has 3 nitrogen and oxygen atoms in total. The Kier molecular flexibility index (Phi) is 5.20. The molecule has 1 aromatic rings. The molecule has 1 fully saturated rings. The lowest BCUT2D eigenvalue weighted by atomic mass is 9.67. The quantitative estimate of drug-likeness (QED) is 0.869. The van der Waals surface area contributed by atoms with Crippen LogP contribution in [0.15, 0.2) is 30.3 Å². The number of hydrogen-bond acceptors (Lipinski definition) is 2. The summed E-state index contributed by atoms with van der Waals surface area (Å²) in [6.07, 6.45) is 1.31. The van der Waals surface area contributed by atoms with Gasteiger partial charge in [0.05, 0.1) is 13.6 Å². The van der Waals surface area contributed by atoms with E-state index in [4.69, 9.17) is 4.74 Å². The molecule has 2 rings (SSSR count). The fourth-order valence-electron chi connectivity index (χ4n) is 3.74. The highest BCUT2D eigenvalue weighted by atomic mass is 16.6. The number of rotatable bonds is 3. The predicted molar refractivity (Wildman–Crippen MR) is 93.3 cm³/mol. The van der Waals surface area contributed by atoms with E-state index in [9.17, 15) is 4.79 Å². The monoisotopic (exact) mass is 318 g/mol. The number of likely N-dealkylation sites (N-methyl/N-ethyl adjacent to an activating group) is 1. The molecule has 1 aromatic carbocycles. The molecule has 1 unspecified atom stereocenters. The van der Waals surface area contributed by atoms with Gasteiger partial charge in [-0.15, -0.1) is 0 Å². The number of quaternary nitrogens is 1. The third-order valence-electron chi connectivity index (χ3n) is 5.63. The summed E-state index contributed by atoms with van der Waals surface area (Å²) in [7, 11) is 2.22. The Labute approximate surface area is 141 Å². The second-order valence-corrected chi connectivity index (χ2v) is 8.12. The molecule has 4 atom stereocenters. The van der Waals surface area contributed by atoms with E-state index in [1.54, 1.807) is 0 Å². The second-order valence-electron chi connectivity index (χ2n) is 8.12. The van der Waals surface area contributed by atoms with Crippen molar-refractivity contribution >= 4 is 5.97 Å². The molecule has 23 heavy (non-hydrogen) atoms. The number of benzene rings is 1. The van der Waals surface area contributed by atoms with Gasteiger partial charge < -0.3 is 9.64 Å². The summed E-state index contributed by atoms with van der Waals surface area (Å²) in [5.41, 5.74) is 0.789. The number of esters is 1. The average molecular weight is 318 g/mol. The van der Waals surface area contributed by atoms with Crippen LogP contribution in [0.2, 0.25) is 0 Å². The van der Waals surface area contributed by atoms with Crippen molar-refractivity contribution in [2.24, 2.45) is 11.3 Å². The van der Waals surface area contributed by atoms with Gasteiger partial charge in [0, 0.05) is 24.3 Å². The molecular weight excluding hydrogens is 286 g/mol. The number of carbonyl (C=O) groups is 1. The van der Waals surface area contributed by atoms with Crippen LogP contribution in [0.25, 0.3) is 0 Å². The number of piperidine rings is 1. The lowest BCUT2D eigenvalue weighted by Gasteiger charge is -2.50. The van der Waals surface area contributed by atoms with Crippen LogP contribution < -0.4 is 4.90 Å². The Bertz CT molecular complexity index is 534. The lowest BCUT2D eigenvalue weighted by molar-refractivity contribution is -0.924. The first kappa shape index (κ1) is 18.0. The summed E-state index contributed by atoms with van der Waals surface area (Å²) in [4.78, 5) is 13.7. The molecule has 0 amide bonds. The maximum atomic E-state index is 12.2. The van der Waals surface area contributed by atoms with Crippen molar-refractivity contribution in [3.05, 3.63) is 35.9 Å². The molecule has 0 spiro atoms. The van der Waals surface area contributed by atoms with E-state index < -0.39 is 5.60 Å². The molecule has 3 heteroatoms. The topological polar surface area (TPSA) is 30.7 Å². The van der Waals surface area contributed by atoms with E-state index in [1.165, 1.54) is 4.90 Å². The van der Waals surface area contributed by atoms with Gasteiger partial charge in [-0.05, 0) is 12.3 Å². The Balaban J connectivity index is 2.51. The number of carbonyl (C=O) groups excluding carboxylic acids is 1. The Morgan fingerprint density at radius 1 is 1.30 bits per heavy atom. The standard InChI is InChI=1S/C20H31NO2/c1-7-18(22)23-20(16-11-9-8-10-12-16)13-17(19(3,4)5)14-21(6)15(20)2/h8-12,15,17H,7,13-14H2,1-6H3/p+1/t15-,17+,20+/m1/s1. The molecule has 1 aliphatic rings. The third kappa shape index (κ3) is 3.60. The molecular formula is C20H32NO2+. The Morgan fingerprint density at radius 3 is 2.43 bits per heavy atom. The smallest absolute Gasteiger partial charge is 0.306 e. The van der Waals surface area contributed by atoms with Crippen LogP contribution in [0.4, 0.5) is 0 Å². The number of nitrogens with one attached hydrogen (secondary N) is 1. The molecule has 0 saturated carbocycles. The highest BCUT2D eigenvalue weighted by Gasteiger charge is 2.53. The first-order valence-electron chi connectivity index (χ1n) is 8.80. The van der Waals surface area contributed by atoms with Crippen molar-refractivity contribution in [1.82, 2.24) is 0 Å². The van der Waals surface area contributed by atoms with Crippen LogP contribution in [0.1, 0.15) is 53.0 Å². The molecule has 0 bridgehead atoms. The molecule has 0 aliphatic carbocycles. The molecule has 1 N–H and O–H groups in total. The van der Waals surface area contributed by atoms with Crippen molar-refractivity contribution in [2.45, 2.75) is 59.1 Å². The normalized spacial score (nSPS) is 31.7. The van der Waals surface area contributed by atoms with Crippen molar-refractivity contribution in [3.8, 4) is 0 Å². The van der Waals surface area contributed by atoms with Gasteiger partial charge in [0.1, 0.15) is 6.04 Å². The Hall–Kier alpha value is -1.35. The predicted octanol–water partition coefficient (Wildman–Crippen LogP) is 2.80. The van der Waals surface area contributed by atoms with E-state index in [1.807, 2.05) is 25.1 Å². The third-order valence-corrected chi connectivity index (χ3v) is 5.63. The summed E-state index contributed by atoms with van der Waals surface area (Å²) < 4.78 is 6.16. The SMILES string of the molecule is CCC(=O)O[C@@]1(c2ccccc2)C[C@H](C(C)(C)C)C[NH+](C)[C@@H]1C. The largest absolute Gasteiger partial charge is 0.448 e. The van der Waals surface area contributed by atoms with Gasteiger partial charge in [-0.2, -0.15) is 0 Å². The minimum absolute atomic E-state index is 0.108. The van der Waals surface area contributed by atoms with Gasteiger partial charge in [-0.3, -0.25) is 4.79 Å². The van der Waals surface area contributed by atoms with Gasteiger partial charge in [0.15, 0.2) is 5.60 Å². The molecule has 0 aromatic heterocycles. The first-order valence-corrected chi connectivity index (χ1v) is 8.80. The van der Waals surface area contributed by atoms with Crippen LogP contribution in [-0.2, 0) is 15.1 Å². The summed E-state index contributed by atoms with van der Waals surface area (Å²) in [6.45, 7) is 12.1. The zero-order chi connectivity index (χ0) is 17.3. The van der Waals surface area contributed by atoms with E-state index in [2.05, 4.69) is 46.9 Å². The Morgan fingerprint density at radius 2 is 1.91 bits per heavy atom. The fourth-order valence-corrected chi connectivity index (χ4v) is 3.74. The van der Waals surface area contributed by atoms with Crippen LogP contribution in [0.5, 0.6) is 0 Å². The van der Waals surface area contributed by atoms with Gasteiger partial charge in [0.2, 0.25) is 0 Å². The number of likely N-dealkylation sites (tertiary alicyclic amines) is 1. The van der Waals surface area contributed by atoms with Crippen LogP contribution in [0.3, 0.4) is 0 Å². The van der Waals surface area contributed by atoms with Crippen molar-refractivity contribution < 1.29 is 14.4 Å². The van der Waals surface area contributed by atoms with Crippen molar-refractivity contribution in [2.75, 3.05) is 13.6 Å². The number of hydrogen-bond donors (Lipinski definition) is 1. The zero-order valence-corrected chi connectivity index (χ0v) is 15.5. The molecule has 1 saturated heterocycles. The summed E-state index contributed by atoms with van der Waals surface area (Å²) in [6, 6.07) is 10.6. The fraction of sp³-hybridized carbons (Fsp3) is 0.650.